The van der Waals surface area contributed by atoms with Crippen LogP contribution in [0.2, 0.25) is 0 Å². The number of ether oxygens (including phenoxy) is 1. The predicted octanol–water partition coefficient (Wildman–Crippen LogP) is 6.19. The van der Waals surface area contributed by atoms with Gasteiger partial charge in [0.05, 0.1) is 5.69 Å². The van der Waals surface area contributed by atoms with Crippen LogP contribution in [-0.2, 0) is 4.79 Å². The second-order valence-corrected chi connectivity index (χ2v) is 8.13. The normalized spacial score (nSPS) is 11.7. The molecule has 150 valence electrons. The number of carbonyl (C=O) groups excluding carboxylic acids is 1. The lowest BCUT2D eigenvalue weighted by Crippen LogP contribution is -2.30. The van der Waals surface area contributed by atoms with Gasteiger partial charge in [-0.3, -0.25) is 10.1 Å². The molecule has 4 aromatic rings. The lowest BCUT2D eigenvalue weighted by atomic mass is 10.1. The van der Waals surface area contributed by atoms with Crippen molar-refractivity contribution in [2.45, 2.75) is 20.0 Å². The summed E-state index contributed by atoms with van der Waals surface area (Å²) >= 11 is 1.46. The first kappa shape index (κ1) is 19.9. The van der Waals surface area contributed by atoms with Crippen molar-refractivity contribution < 1.29 is 9.53 Å². The minimum atomic E-state index is -0.642. The number of anilines is 1. The Bertz CT molecular complexity index is 1120. The minimum absolute atomic E-state index is 0.226. The molecule has 0 aliphatic heterocycles. The Hall–Kier alpha value is -3.44. The maximum absolute atomic E-state index is 12.6. The molecule has 3 aromatic carbocycles. The smallest absolute Gasteiger partial charge is 0.266 e. The fraction of sp³-hybridized carbons (Fsp3) is 0.120. The highest BCUT2D eigenvalue weighted by atomic mass is 32.1. The molecular weight excluding hydrogens is 392 g/mol. The zero-order chi connectivity index (χ0) is 20.9. The van der Waals surface area contributed by atoms with Crippen molar-refractivity contribution in [2.75, 3.05) is 5.32 Å². The van der Waals surface area contributed by atoms with Crippen LogP contribution in [0.5, 0.6) is 5.75 Å². The molecule has 4 nitrogen and oxygen atoms in total. The molecule has 0 fully saturated rings. The van der Waals surface area contributed by atoms with Crippen LogP contribution in [0.4, 0.5) is 5.13 Å². The number of aromatic nitrogens is 1. The molecule has 1 heterocycles. The molecule has 1 amide bonds. The van der Waals surface area contributed by atoms with E-state index in [4.69, 9.17) is 4.74 Å². The van der Waals surface area contributed by atoms with Gasteiger partial charge in [-0.05, 0) is 37.1 Å². The van der Waals surface area contributed by atoms with Crippen molar-refractivity contribution in [1.82, 2.24) is 4.98 Å². The van der Waals surface area contributed by atoms with Gasteiger partial charge < -0.3 is 4.74 Å². The van der Waals surface area contributed by atoms with Gasteiger partial charge >= 0.3 is 0 Å². The quantitative estimate of drug-likeness (QED) is 0.409. The first-order chi connectivity index (χ1) is 14.6. The second-order valence-electron chi connectivity index (χ2n) is 6.93. The van der Waals surface area contributed by atoms with Gasteiger partial charge in [-0.25, -0.2) is 4.98 Å². The number of carbonyl (C=O) groups is 1. The van der Waals surface area contributed by atoms with E-state index < -0.39 is 6.10 Å². The number of thiazole rings is 1. The van der Waals surface area contributed by atoms with E-state index in [9.17, 15) is 4.79 Å². The molecule has 0 aliphatic rings. The molecule has 30 heavy (non-hydrogen) atoms. The Morgan fingerprint density at radius 2 is 1.43 bits per heavy atom. The van der Waals surface area contributed by atoms with Gasteiger partial charge in [-0.2, -0.15) is 0 Å². The molecule has 1 unspecified atom stereocenters. The SMILES string of the molecule is Cc1sc(NC(=O)C(C)Oc2ccc(-c3ccccc3)cc2)nc1-c1ccccc1. The van der Waals surface area contributed by atoms with Gasteiger partial charge in [0.25, 0.3) is 5.91 Å². The molecule has 4 rings (SSSR count). The third-order valence-electron chi connectivity index (χ3n) is 4.72. The van der Waals surface area contributed by atoms with E-state index in [2.05, 4.69) is 22.4 Å². The zero-order valence-corrected chi connectivity index (χ0v) is 17.6. The van der Waals surface area contributed by atoms with Gasteiger partial charge in [0.1, 0.15) is 5.75 Å². The predicted molar refractivity (Wildman–Crippen MR) is 123 cm³/mol. The van der Waals surface area contributed by atoms with Crippen LogP contribution in [0.25, 0.3) is 22.4 Å². The maximum atomic E-state index is 12.6. The van der Waals surface area contributed by atoms with E-state index in [1.54, 1.807) is 6.92 Å². The minimum Gasteiger partial charge on any atom is -0.481 e. The largest absolute Gasteiger partial charge is 0.481 e. The maximum Gasteiger partial charge on any atom is 0.266 e. The van der Waals surface area contributed by atoms with Gasteiger partial charge in [0.2, 0.25) is 0 Å². The first-order valence-electron chi connectivity index (χ1n) is 9.76. The molecule has 0 saturated heterocycles. The highest BCUT2D eigenvalue weighted by Gasteiger charge is 2.18. The molecule has 0 spiro atoms. The van der Waals surface area contributed by atoms with Crippen molar-refractivity contribution in [1.29, 1.82) is 0 Å². The van der Waals surface area contributed by atoms with Crippen molar-refractivity contribution in [2.24, 2.45) is 0 Å². The number of benzene rings is 3. The second kappa shape index (κ2) is 8.93. The van der Waals surface area contributed by atoms with Crippen LogP contribution in [0, 0.1) is 6.92 Å². The van der Waals surface area contributed by atoms with Crippen LogP contribution < -0.4 is 10.1 Å². The third-order valence-corrected chi connectivity index (χ3v) is 5.60. The van der Waals surface area contributed by atoms with Crippen LogP contribution in [0.1, 0.15) is 11.8 Å². The van der Waals surface area contributed by atoms with Crippen LogP contribution in [0.3, 0.4) is 0 Å². The Morgan fingerprint density at radius 3 is 2.07 bits per heavy atom. The molecule has 1 N–H and O–H groups in total. The van der Waals surface area contributed by atoms with Crippen LogP contribution in [-0.4, -0.2) is 17.0 Å². The van der Waals surface area contributed by atoms with E-state index in [0.717, 1.165) is 27.3 Å². The fourth-order valence-corrected chi connectivity index (χ4v) is 3.97. The topological polar surface area (TPSA) is 51.2 Å². The van der Waals surface area contributed by atoms with Crippen LogP contribution >= 0.6 is 11.3 Å². The monoisotopic (exact) mass is 414 g/mol. The number of aryl methyl sites for hydroxylation is 1. The fourth-order valence-electron chi connectivity index (χ4n) is 3.13. The van der Waals surface area contributed by atoms with Gasteiger partial charge in [-0.1, -0.05) is 72.8 Å². The highest BCUT2D eigenvalue weighted by molar-refractivity contribution is 7.16. The van der Waals surface area contributed by atoms with Crippen molar-refractivity contribution >= 4 is 22.4 Å². The van der Waals surface area contributed by atoms with Crippen molar-refractivity contribution in [3.8, 4) is 28.1 Å². The third kappa shape index (κ3) is 4.58. The summed E-state index contributed by atoms with van der Waals surface area (Å²) in [5.74, 6) is 0.424. The number of nitrogens with zero attached hydrogens (tertiary/aromatic N) is 1. The van der Waals surface area contributed by atoms with E-state index in [1.807, 2.05) is 79.7 Å². The van der Waals surface area contributed by atoms with E-state index in [1.165, 1.54) is 11.3 Å². The summed E-state index contributed by atoms with van der Waals surface area (Å²) in [5, 5.41) is 3.45. The Morgan fingerprint density at radius 1 is 0.867 bits per heavy atom. The van der Waals surface area contributed by atoms with Crippen LogP contribution in [0.15, 0.2) is 84.9 Å². The molecule has 5 heteroatoms. The molecule has 1 atom stereocenters. The Balaban J connectivity index is 1.40. The summed E-state index contributed by atoms with van der Waals surface area (Å²) < 4.78 is 5.83. The lowest BCUT2D eigenvalue weighted by molar-refractivity contribution is -0.122. The summed E-state index contributed by atoms with van der Waals surface area (Å²) in [6, 6.07) is 27.8. The van der Waals surface area contributed by atoms with Gasteiger partial charge in [0, 0.05) is 10.4 Å². The number of hydrogen-bond acceptors (Lipinski definition) is 4. The average Bonchev–Trinajstić information content (AvgIpc) is 3.15. The number of rotatable bonds is 6. The van der Waals surface area contributed by atoms with E-state index >= 15 is 0 Å². The summed E-state index contributed by atoms with van der Waals surface area (Å²) in [7, 11) is 0. The molecule has 0 aliphatic carbocycles. The number of hydrogen-bond donors (Lipinski definition) is 1. The van der Waals surface area contributed by atoms with Crippen molar-refractivity contribution in [3.05, 3.63) is 89.8 Å². The number of nitrogens with one attached hydrogen (secondary N) is 1. The Kier molecular flexibility index (Phi) is 5.91. The van der Waals surface area contributed by atoms with Crippen molar-refractivity contribution in [3.63, 3.8) is 0 Å². The summed E-state index contributed by atoms with van der Waals surface area (Å²) in [6.07, 6.45) is -0.642. The van der Waals surface area contributed by atoms with Gasteiger partial charge in [-0.15, -0.1) is 11.3 Å². The van der Waals surface area contributed by atoms with E-state index in [0.29, 0.717) is 10.9 Å². The number of amides is 1. The summed E-state index contributed by atoms with van der Waals surface area (Å²) in [6.45, 7) is 3.74. The average molecular weight is 415 g/mol. The molecule has 0 saturated carbocycles. The zero-order valence-electron chi connectivity index (χ0n) is 16.8. The molecule has 0 bridgehead atoms. The summed E-state index contributed by atoms with van der Waals surface area (Å²) in [4.78, 5) is 18.2. The lowest BCUT2D eigenvalue weighted by Gasteiger charge is -2.14. The standard InChI is InChI=1S/C25H22N2O2S/c1-17(29-22-15-13-20(14-16-22)19-9-5-3-6-10-19)24(28)27-25-26-23(18(2)30-25)21-11-7-4-8-12-21/h3-17H,1-2H3,(H,26,27,28). The Labute approximate surface area is 180 Å². The highest BCUT2D eigenvalue weighted by Crippen LogP contribution is 2.30. The summed E-state index contributed by atoms with van der Waals surface area (Å²) in [5.41, 5.74) is 4.17. The van der Waals surface area contributed by atoms with E-state index in [-0.39, 0.29) is 5.91 Å². The molecule has 0 radical (unpaired) electrons. The molecular formula is C25H22N2O2S. The first-order valence-corrected chi connectivity index (χ1v) is 10.6. The molecule has 1 aromatic heterocycles. The van der Waals surface area contributed by atoms with Gasteiger partial charge in [0.15, 0.2) is 11.2 Å².